The zero-order chi connectivity index (χ0) is 19.9. The van der Waals surface area contributed by atoms with Gasteiger partial charge in [0.05, 0.1) is 12.2 Å². The second-order valence-corrected chi connectivity index (χ2v) is 8.70. The lowest BCUT2D eigenvalue weighted by Crippen LogP contribution is -2.42. The van der Waals surface area contributed by atoms with Gasteiger partial charge in [-0.1, -0.05) is 18.2 Å². The zero-order valence-electron chi connectivity index (χ0n) is 16.8. The zero-order valence-corrected chi connectivity index (χ0v) is 16.8. The molecule has 1 amide bonds. The van der Waals surface area contributed by atoms with Crippen molar-refractivity contribution < 1.29 is 14.3 Å². The number of benzene rings is 1. The van der Waals surface area contributed by atoms with Crippen molar-refractivity contribution in [1.29, 1.82) is 0 Å². The molecule has 1 aromatic carbocycles. The quantitative estimate of drug-likeness (QED) is 0.780. The van der Waals surface area contributed by atoms with Crippen molar-refractivity contribution in [1.82, 2.24) is 14.7 Å². The molecule has 0 spiro atoms. The number of aromatic nitrogens is 2. The minimum Gasteiger partial charge on any atom is -0.444 e. The van der Waals surface area contributed by atoms with Crippen LogP contribution < -0.4 is 0 Å². The molecule has 148 valence electrons. The summed E-state index contributed by atoms with van der Waals surface area (Å²) in [5, 5.41) is 4.57. The fourth-order valence-electron chi connectivity index (χ4n) is 3.96. The lowest BCUT2D eigenvalue weighted by Gasteiger charge is -2.33. The van der Waals surface area contributed by atoms with E-state index in [0.717, 1.165) is 41.5 Å². The highest BCUT2D eigenvalue weighted by molar-refractivity contribution is 6.00. The maximum atomic E-state index is 12.2. The van der Waals surface area contributed by atoms with E-state index in [1.807, 2.05) is 43.8 Å². The number of hydrogen-bond donors (Lipinski definition) is 0. The summed E-state index contributed by atoms with van der Waals surface area (Å²) in [6.45, 7) is 7.01. The Hall–Kier alpha value is -2.63. The predicted molar refractivity (Wildman–Crippen MR) is 106 cm³/mol. The Kier molecular flexibility index (Phi) is 4.73. The van der Waals surface area contributed by atoms with E-state index in [1.54, 1.807) is 4.90 Å². The average Bonchev–Trinajstić information content (AvgIpc) is 3.28. The molecule has 2 aliphatic rings. The third kappa shape index (κ3) is 3.81. The third-order valence-electron chi connectivity index (χ3n) is 5.45. The molecular formula is C22H27N3O3. The van der Waals surface area contributed by atoms with Gasteiger partial charge in [0, 0.05) is 36.8 Å². The largest absolute Gasteiger partial charge is 0.444 e. The van der Waals surface area contributed by atoms with Gasteiger partial charge in [-0.15, -0.1) is 0 Å². The number of likely N-dealkylation sites (tertiary alicyclic amines) is 1. The van der Waals surface area contributed by atoms with Gasteiger partial charge < -0.3 is 9.64 Å². The van der Waals surface area contributed by atoms with Crippen molar-refractivity contribution in [3.63, 3.8) is 0 Å². The average molecular weight is 381 g/mol. The number of piperidine rings is 1. The normalized spacial score (nSPS) is 17.7. The van der Waals surface area contributed by atoms with Gasteiger partial charge in [0.15, 0.2) is 5.78 Å². The van der Waals surface area contributed by atoms with Crippen LogP contribution in [0.2, 0.25) is 0 Å². The van der Waals surface area contributed by atoms with Crippen LogP contribution in [0.3, 0.4) is 0 Å². The number of ether oxygens (including phenoxy) is 1. The first-order valence-corrected chi connectivity index (χ1v) is 9.99. The highest BCUT2D eigenvalue weighted by Crippen LogP contribution is 2.30. The number of nitrogens with zero attached hydrogens (tertiary/aromatic N) is 3. The fourth-order valence-corrected chi connectivity index (χ4v) is 3.96. The number of carbonyl (C=O) groups is 2. The molecule has 1 fully saturated rings. The van der Waals surface area contributed by atoms with Crippen molar-refractivity contribution in [3.8, 4) is 11.1 Å². The van der Waals surface area contributed by atoms with Gasteiger partial charge in [-0.2, -0.15) is 5.10 Å². The first-order chi connectivity index (χ1) is 13.3. The highest BCUT2D eigenvalue weighted by atomic mass is 16.6. The van der Waals surface area contributed by atoms with Crippen LogP contribution in [0.5, 0.6) is 0 Å². The summed E-state index contributed by atoms with van der Waals surface area (Å²) < 4.78 is 7.48. The molecule has 0 atom stereocenters. The van der Waals surface area contributed by atoms with E-state index in [1.165, 1.54) is 0 Å². The molecule has 4 rings (SSSR count). The molecule has 1 aromatic heterocycles. The first-order valence-electron chi connectivity index (χ1n) is 9.99. The topological polar surface area (TPSA) is 64.4 Å². The van der Waals surface area contributed by atoms with Gasteiger partial charge >= 0.3 is 6.09 Å². The number of amides is 1. The van der Waals surface area contributed by atoms with Crippen molar-refractivity contribution in [2.75, 3.05) is 13.1 Å². The van der Waals surface area contributed by atoms with E-state index in [9.17, 15) is 9.59 Å². The summed E-state index contributed by atoms with van der Waals surface area (Å²) in [7, 11) is 0. The summed E-state index contributed by atoms with van der Waals surface area (Å²) >= 11 is 0. The van der Waals surface area contributed by atoms with Gasteiger partial charge in [0.2, 0.25) is 0 Å². The molecule has 1 aliphatic carbocycles. The maximum Gasteiger partial charge on any atom is 0.410 e. The second kappa shape index (κ2) is 7.08. The second-order valence-electron chi connectivity index (χ2n) is 8.70. The van der Waals surface area contributed by atoms with Crippen LogP contribution in [0.1, 0.15) is 62.0 Å². The Morgan fingerprint density at radius 1 is 1.14 bits per heavy atom. The van der Waals surface area contributed by atoms with Gasteiger partial charge in [-0.25, -0.2) is 4.79 Å². The van der Waals surface area contributed by atoms with Crippen LogP contribution in [-0.4, -0.2) is 45.2 Å². The number of carbonyl (C=O) groups excluding carboxylic acids is 2. The summed E-state index contributed by atoms with van der Waals surface area (Å²) in [5.41, 5.74) is 3.71. The fraction of sp³-hybridized carbons (Fsp3) is 0.500. The highest BCUT2D eigenvalue weighted by Gasteiger charge is 2.28. The van der Waals surface area contributed by atoms with Crippen molar-refractivity contribution in [2.24, 2.45) is 0 Å². The Balaban J connectivity index is 1.41. The van der Waals surface area contributed by atoms with Crippen molar-refractivity contribution in [3.05, 3.63) is 41.7 Å². The molecule has 0 unspecified atom stereocenters. The van der Waals surface area contributed by atoms with Gasteiger partial charge in [-0.05, 0) is 51.2 Å². The standard InChI is InChI=1S/C22H27N3O3/c1-22(2,3)28-21(27)24-10-8-18(9-11-24)25-14-17(13-23-25)15-4-6-19-16(12-15)5-7-20(19)26/h4,6,12-14,18H,5,7-11H2,1-3H3. The molecule has 2 heterocycles. The summed E-state index contributed by atoms with van der Waals surface area (Å²) in [5.74, 6) is 0.244. The molecular weight excluding hydrogens is 354 g/mol. The summed E-state index contributed by atoms with van der Waals surface area (Å²) in [6.07, 6.45) is 6.90. The van der Waals surface area contributed by atoms with Crippen LogP contribution in [0.15, 0.2) is 30.6 Å². The van der Waals surface area contributed by atoms with E-state index < -0.39 is 5.60 Å². The number of aryl methyl sites for hydroxylation is 1. The molecule has 6 nitrogen and oxygen atoms in total. The number of Topliss-reactive ketones (excluding diaryl/α,β-unsaturated/α-hetero) is 1. The Morgan fingerprint density at radius 3 is 2.61 bits per heavy atom. The molecule has 0 N–H and O–H groups in total. The van der Waals surface area contributed by atoms with E-state index in [4.69, 9.17) is 4.74 Å². The summed E-state index contributed by atoms with van der Waals surface area (Å²) in [4.78, 5) is 25.8. The number of rotatable bonds is 2. The third-order valence-corrected chi connectivity index (χ3v) is 5.45. The number of fused-ring (bicyclic) bond motifs is 1. The molecule has 1 saturated heterocycles. The van der Waals surface area contributed by atoms with Crippen LogP contribution in [0.25, 0.3) is 11.1 Å². The van der Waals surface area contributed by atoms with Crippen molar-refractivity contribution in [2.45, 2.75) is 58.1 Å². The molecule has 1 aliphatic heterocycles. The van der Waals surface area contributed by atoms with Crippen LogP contribution in [0.4, 0.5) is 4.79 Å². The van der Waals surface area contributed by atoms with Crippen LogP contribution >= 0.6 is 0 Å². The minimum atomic E-state index is -0.467. The predicted octanol–water partition coefficient (Wildman–Crippen LogP) is 4.25. The summed E-state index contributed by atoms with van der Waals surface area (Å²) in [6, 6.07) is 6.35. The first kappa shape index (κ1) is 18.7. The van der Waals surface area contributed by atoms with E-state index in [0.29, 0.717) is 19.5 Å². The number of hydrogen-bond acceptors (Lipinski definition) is 4. The van der Waals surface area contributed by atoms with E-state index in [2.05, 4.69) is 17.4 Å². The maximum absolute atomic E-state index is 12.2. The minimum absolute atomic E-state index is 0.236. The van der Waals surface area contributed by atoms with Gasteiger partial charge in [0.25, 0.3) is 0 Å². The van der Waals surface area contributed by atoms with E-state index >= 15 is 0 Å². The lowest BCUT2D eigenvalue weighted by atomic mass is 10.0. The van der Waals surface area contributed by atoms with Crippen molar-refractivity contribution >= 4 is 11.9 Å². The van der Waals surface area contributed by atoms with E-state index in [-0.39, 0.29) is 17.9 Å². The molecule has 6 heteroatoms. The van der Waals surface area contributed by atoms with Crippen LogP contribution in [0, 0.1) is 0 Å². The Bertz CT molecular complexity index is 902. The van der Waals surface area contributed by atoms with Gasteiger partial charge in [-0.3, -0.25) is 9.48 Å². The van der Waals surface area contributed by atoms with Crippen LogP contribution in [-0.2, 0) is 11.2 Å². The monoisotopic (exact) mass is 381 g/mol. The lowest BCUT2D eigenvalue weighted by molar-refractivity contribution is 0.0184. The smallest absolute Gasteiger partial charge is 0.410 e. The molecule has 28 heavy (non-hydrogen) atoms. The molecule has 2 aromatic rings. The molecule has 0 saturated carbocycles. The molecule has 0 bridgehead atoms. The SMILES string of the molecule is CC(C)(C)OC(=O)N1CCC(n2cc(-c3ccc4c(c3)CCC4=O)cn2)CC1. The Morgan fingerprint density at radius 2 is 1.89 bits per heavy atom. The number of ketones is 1. The van der Waals surface area contributed by atoms with Gasteiger partial charge in [0.1, 0.15) is 5.60 Å². The molecule has 0 radical (unpaired) electrons. The Labute approximate surface area is 165 Å².